The molecule has 104 valence electrons. The lowest BCUT2D eigenvalue weighted by Gasteiger charge is -2.16. The van der Waals surface area contributed by atoms with Gasteiger partial charge in [-0.1, -0.05) is 11.6 Å². The van der Waals surface area contributed by atoms with Crippen molar-refractivity contribution in [1.82, 2.24) is 4.72 Å². The number of carbonyl (C=O) groups excluding carboxylic acids is 1. The van der Waals surface area contributed by atoms with E-state index in [4.69, 9.17) is 17.3 Å². The minimum absolute atomic E-state index is 0.0253. The van der Waals surface area contributed by atoms with Gasteiger partial charge in [-0.2, -0.15) is 0 Å². The molecule has 1 fully saturated rings. The maximum absolute atomic E-state index is 12.2. The fourth-order valence-corrected chi connectivity index (χ4v) is 3.33. The Morgan fingerprint density at radius 1 is 1.37 bits per heavy atom. The van der Waals surface area contributed by atoms with Gasteiger partial charge in [0.05, 0.1) is 4.90 Å². The largest absolute Gasteiger partial charge is 0.370 e. The van der Waals surface area contributed by atoms with Gasteiger partial charge >= 0.3 is 0 Å². The Hall–Kier alpha value is -1.11. The Kier molecular flexibility index (Phi) is 4.13. The molecule has 1 amide bonds. The molecule has 3 N–H and O–H groups in total. The molecule has 1 atom stereocenters. The topological polar surface area (TPSA) is 89.3 Å². The Labute approximate surface area is 117 Å². The molecule has 0 aliphatic heterocycles. The van der Waals surface area contributed by atoms with Gasteiger partial charge in [0.25, 0.3) is 0 Å². The molecular weight excluding hydrogens is 288 g/mol. The van der Waals surface area contributed by atoms with Crippen molar-refractivity contribution in [2.75, 3.05) is 0 Å². The van der Waals surface area contributed by atoms with Crippen molar-refractivity contribution >= 4 is 27.5 Å². The van der Waals surface area contributed by atoms with E-state index in [0.29, 0.717) is 5.02 Å². The molecule has 0 aromatic heterocycles. The van der Waals surface area contributed by atoms with E-state index >= 15 is 0 Å². The lowest BCUT2D eigenvalue weighted by molar-refractivity contribution is -0.118. The highest BCUT2D eigenvalue weighted by atomic mass is 35.5. The van der Waals surface area contributed by atoms with E-state index in [1.807, 2.05) is 0 Å². The number of carbonyl (C=O) groups is 1. The van der Waals surface area contributed by atoms with Crippen LogP contribution in [0.4, 0.5) is 0 Å². The second kappa shape index (κ2) is 5.48. The summed E-state index contributed by atoms with van der Waals surface area (Å²) in [5.74, 6) is -0.301. The summed E-state index contributed by atoms with van der Waals surface area (Å²) in [4.78, 5) is 11.1. The highest BCUT2D eigenvalue weighted by molar-refractivity contribution is 7.89. The van der Waals surface area contributed by atoms with E-state index < -0.39 is 22.0 Å². The van der Waals surface area contributed by atoms with Gasteiger partial charge in [-0.25, -0.2) is 13.1 Å². The third-order valence-corrected chi connectivity index (χ3v) is 4.80. The Bertz CT molecular complexity index is 567. The van der Waals surface area contributed by atoms with Crippen LogP contribution in [-0.4, -0.2) is 20.4 Å². The van der Waals surface area contributed by atoms with Gasteiger partial charge in [-0.15, -0.1) is 0 Å². The molecule has 0 bridgehead atoms. The first-order valence-electron chi connectivity index (χ1n) is 5.95. The Balaban J connectivity index is 2.14. The third-order valence-electron chi connectivity index (χ3n) is 3.04. The van der Waals surface area contributed by atoms with Gasteiger partial charge in [0, 0.05) is 17.5 Å². The second-order valence-electron chi connectivity index (χ2n) is 4.69. The SMILES string of the molecule is NC(=O)CC(NS(=O)(=O)c1ccc(Cl)cc1)C1CC1. The smallest absolute Gasteiger partial charge is 0.240 e. The lowest BCUT2D eigenvalue weighted by Crippen LogP contribution is -2.39. The van der Waals surface area contributed by atoms with Crippen molar-refractivity contribution in [3.8, 4) is 0 Å². The molecule has 5 nitrogen and oxygen atoms in total. The van der Waals surface area contributed by atoms with Gasteiger partial charge < -0.3 is 5.73 Å². The second-order valence-corrected chi connectivity index (χ2v) is 6.84. The molecule has 1 unspecified atom stereocenters. The van der Waals surface area contributed by atoms with E-state index in [-0.39, 0.29) is 17.2 Å². The zero-order valence-electron chi connectivity index (χ0n) is 10.2. The predicted octanol–water partition coefficient (Wildman–Crippen LogP) is 1.27. The zero-order chi connectivity index (χ0) is 14.0. The minimum Gasteiger partial charge on any atom is -0.370 e. The van der Waals surface area contributed by atoms with Gasteiger partial charge in [0.15, 0.2) is 0 Å². The van der Waals surface area contributed by atoms with Crippen LogP contribution in [0.15, 0.2) is 29.2 Å². The summed E-state index contributed by atoms with van der Waals surface area (Å²) in [5.41, 5.74) is 5.15. The highest BCUT2D eigenvalue weighted by Gasteiger charge is 2.35. The van der Waals surface area contributed by atoms with Crippen LogP contribution in [-0.2, 0) is 14.8 Å². The van der Waals surface area contributed by atoms with Crippen molar-refractivity contribution in [2.24, 2.45) is 11.7 Å². The van der Waals surface area contributed by atoms with Crippen molar-refractivity contribution < 1.29 is 13.2 Å². The number of amides is 1. The third kappa shape index (κ3) is 3.92. The normalized spacial score (nSPS) is 17.1. The summed E-state index contributed by atoms with van der Waals surface area (Å²) < 4.78 is 26.9. The quantitative estimate of drug-likeness (QED) is 0.829. The van der Waals surface area contributed by atoms with Crippen LogP contribution in [0, 0.1) is 5.92 Å². The van der Waals surface area contributed by atoms with Gasteiger partial charge in [-0.3, -0.25) is 4.79 Å². The predicted molar refractivity (Wildman–Crippen MR) is 72.1 cm³/mol. The van der Waals surface area contributed by atoms with Crippen LogP contribution >= 0.6 is 11.6 Å². The number of hydrogen-bond acceptors (Lipinski definition) is 3. The zero-order valence-corrected chi connectivity index (χ0v) is 11.7. The van der Waals surface area contributed by atoms with Crippen LogP contribution in [0.3, 0.4) is 0 Å². The number of rotatable bonds is 6. The van der Waals surface area contributed by atoms with E-state index in [9.17, 15) is 13.2 Å². The number of hydrogen-bond donors (Lipinski definition) is 2. The van der Waals surface area contributed by atoms with Crippen molar-refractivity contribution in [3.63, 3.8) is 0 Å². The minimum atomic E-state index is -3.64. The number of sulfonamides is 1. The van der Waals surface area contributed by atoms with Crippen LogP contribution in [0.5, 0.6) is 0 Å². The standard InChI is InChI=1S/C12H15ClN2O3S/c13-9-3-5-10(6-4-9)19(17,18)15-11(7-12(14)16)8-1-2-8/h3-6,8,11,15H,1-2,7H2,(H2,14,16). The average Bonchev–Trinajstić information content (AvgIpc) is 3.11. The number of nitrogens with two attached hydrogens (primary N) is 1. The highest BCUT2D eigenvalue weighted by Crippen LogP contribution is 2.34. The molecule has 1 aromatic rings. The summed E-state index contributed by atoms with van der Waals surface area (Å²) in [7, 11) is -3.64. The summed E-state index contributed by atoms with van der Waals surface area (Å²) in [6, 6.07) is 5.46. The van der Waals surface area contributed by atoms with Gasteiger partial charge in [0.1, 0.15) is 0 Å². The fraction of sp³-hybridized carbons (Fsp3) is 0.417. The lowest BCUT2D eigenvalue weighted by atomic mass is 10.1. The Morgan fingerprint density at radius 2 is 1.95 bits per heavy atom. The fourth-order valence-electron chi connectivity index (χ4n) is 1.90. The van der Waals surface area contributed by atoms with E-state index in [0.717, 1.165) is 12.8 Å². The van der Waals surface area contributed by atoms with Crippen LogP contribution in [0.2, 0.25) is 5.02 Å². The molecule has 1 saturated carbocycles. The summed E-state index contributed by atoms with van der Waals surface area (Å²) >= 11 is 5.72. The monoisotopic (exact) mass is 302 g/mol. The summed E-state index contributed by atoms with van der Waals surface area (Å²) in [6.45, 7) is 0. The number of benzene rings is 1. The molecule has 7 heteroatoms. The molecule has 0 heterocycles. The van der Waals surface area contributed by atoms with Crippen LogP contribution in [0.25, 0.3) is 0 Å². The summed E-state index contributed by atoms with van der Waals surface area (Å²) in [6.07, 6.45) is 1.86. The molecule has 1 aliphatic rings. The number of primary amides is 1. The van der Waals surface area contributed by atoms with Crippen LogP contribution in [0.1, 0.15) is 19.3 Å². The van der Waals surface area contributed by atoms with Gasteiger partial charge in [0.2, 0.25) is 15.9 Å². The molecule has 0 saturated heterocycles. The van der Waals surface area contributed by atoms with E-state index in [1.54, 1.807) is 0 Å². The molecular formula is C12H15ClN2O3S. The number of nitrogens with one attached hydrogen (secondary N) is 1. The van der Waals surface area contributed by atoms with E-state index in [2.05, 4.69) is 4.72 Å². The molecule has 2 rings (SSSR count). The van der Waals surface area contributed by atoms with Crippen molar-refractivity contribution in [2.45, 2.75) is 30.2 Å². The number of halogens is 1. The summed E-state index contributed by atoms with van der Waals surface area (Å²) in [5, 5.41) is 0.467. The average molecular weight is 303 g/mol. The molecule has 19 heavy (non-hydrogen) atoms. The van der Waals surface area contributed by atoms with Crippen LogP contribution < -0.4 is 10.5 Å². The molecule has 0 spiro atoms. The van der Waals surface area contributed by atoms with Gasteiger partial charge in [-0.05, 0) is 43.0 Å². The first kappa shape index (κ1) is 14.3. The molecule has 1 aromatic carbocycles. The Morgan fingerprint density at radius 3 is 2.42 bits per heavy atom. The van der Waals surface area contributed by atoms with E-state index in [1.165, 1.54) is 24.3 Å². The first-order chi connectivity index (χ1) is 8.88. The van der Waals surface area contributed by atoms with Crippen molar-refractivity contribution in [3.05, 3.63) is 29.3 Å². The molecule has 0 radical (unpaired) electrons. The van der Waals surface area contributed by atoms with Crippen molar-refractivity contribution in [1.29, 1.82) is 0 Å². The molecule has 1 aliphatic carbocycles. The maximum Gasteiger partial charge on any atom is 0.240 e. The first-order valence-corrected chi connectivity index (χ1v) is 7.81. The maximum atomic E-state index is 12.2.